The smallest absolute Gasteiger partial charge is 0.369 e. The Morgan fingerprint density at radius 1 is 1.26 bits per heavy atom. The number of aromatic nitrogens is 3. The molecule has 1 atom stereocenters. The van der Waals surface area contributed by atoms with Gasteiger partial charge in [-0.25, -0.2) is 4.68 Å². The van der Waals surface area contributed by atoms with Crippen molar-refractivity contribution in [3.05, 3.63) is 47.3 Å². The third kappa shape index (κ3) is 4.26. The number of rotatable bonds is 4. The van der Waals surface area contributed by atoms with Crippen molar-refractivity contribution in [3.8, 4) is 0 Å². The summed E-state index contributed by atoms with van der Waals surface area (Å²) in [5.74, 6) is -1.28. The number of piperidine rings is 1. The summed E-state index contributed by atoms with van der Waals surface area (Å²) in [7, 11) is 0. The normalized spacial score (nSPS) is 17.7. The van der Waals surface area contributed by atoms with Gasteiger partial charge in [-0.2, -0.15) is 13.2 Å². The molecule has 1 aromatic carbocycles. The fourth-order valence-corrected chi connectivity index (χ4v) is 3.14. The Kier molecular flexibility index (Phi) is 5.15. The molecule has 0 aliphatic carbocycles. The number of hydrogen-bond donors (Lipinski definition) is 1. The molecule has 2 heterocycles. The maximum absolute atomic E-state index is 13.1. The van der Waals surface area contributed by atoms with Crippen LogP contribution in [0.1, 0.15) is 34.5 Å². The van der Waals surface area contributed by atoms with Gasteiger partial charge in [0.2, 0.25) is 5.91 Å². The highest BCUT2D eigenvalue weighted by molar-refractivity contribution is 5.92. The zero-order valence-corrected chi connectivity index (χ0v) is 14.3. The second-order valence-electron chi connectivity index (χ2n) is 6.45. The standard InChI is InChI=1S/C17H18F3N5O2/c18-17(19,20)13-6-2-1-4-11(13)9-25-10-14(22-23-25)16(27)24-7-3-5-12(8-24)15(21)26/h1-2,4,6,10,12H,3,5,7-9H2,(H2,21,26)/t12-/m1/s1. The van der Waals surface area contributed by atoms with Crippen molar-refractivity contribution >= 4 is 11.8 Å². The number of primary amides is 1. The molecule has 1 saturated heterocycles. The summed E-state index contributed by atoms with van der Waals surface area (Å²) in [5, 5.41) is 7.54. The van der Waals surface area contributed by atoms with Crippen LogP contribution in [0.3, 0.4) is 0 Å². The lowest BCUT2D eigenvalue weighted by Gasteiger charge is -2.30. The van der Waals surface area contributed by atoms with Crippen LogP contribution >= 0.6 is 0 Å². The van der Waals surface area contributed by atoms with E-state index in [1.54, 1.807) is 0 Å². The first kappa shape index (κ1) is 18.9. The van der Waals surface area contributed by atoms with Crippen LogP contribution in [0.25, 0.3) is 0 Å². The molecule has 0 spiro atoms. The van der Waals surface area contributed by atoms with Gasteiger partial charge in [-0.1, -0.05) is 23.4 Å². The van der Waals surface area contributed by atoms with Crippen molar-refractivity contribution in [2.45, 2.75) is 25.6 Å². The summed E-state index contributed by atoms with van der Waals surface area (Å²) in [5.41, 5.74) is 4.60. The molecule has 10 heteroatoms. The summed E-state index contributed by atoms with van der Waals surface area (Å²) in [4.78, 5) is 25.3. The molecule has 3 rings (SSSR count). The summed E-state index contributed by atoms with van der Waals surface area (Å²) >= 11 is 0. The van der Waals surface area contributed by atoms with Gasteiger partial charge >= 0.3 is 6.18 Å². The highest BCUT2D eigenvalue weighted by Crippen LogP contribution is 2.32. The van der Waals surface area contributed by atoms with Crippen molar-refractivity contribution in [1.82, 2.24) is 19.9 Å². The largest absolute Gasteiger partial charge is 0.416 e. The topological polar surface area (TPSA) is 94.1 Å². The molecule has 27 heavy (non-hydrogen) atoms. The Balaban J connectivity index is 1.74. The first-order chi connectivity index (χ1) is 12.8. The van der Waals surface area contributed by atoms with Gasteiger partial charge in [-0.15, -0.1) is 5.10 Å². The Labute approximate surface area is 152 Å². The number of halogens is 3. The minimum Gasteiger partial charge on any atom is -0.369 e. The van der Waals surface area contributed by atoms with Crippen molar-refractivity contribution in [2.75, 3.05) is 13.1 Å². The minimum atomic E-state index is -4.48. The van der Waals surface area contributed by atoms with Crippen LogP contribution in [0, 0.1) is 5.92 Å². The van der Waals surface area contributed by atoms with Crippen LogP contribution in [0.2, 0.25) is 0 Å². The van der Waals surface area contributed by atoms with E-state index in [1.165, 1.54) is 34.0 Å². The molecule has 0 unspecified atom stereocenters. The van der Waals surface area contributed by atoms with E-state index < -0.39 is 29.5 Å². The molecule has 0 bridgehead atoms. The molecule has 144 valence electrons. The van der Waals surface area contributed by atoms with E-state index in [0.717, 1.165) is 6.07 Å². The average Bonchev–Trinajstić information content (AvgIpc) is 3.09. The van der Waals surface area contributed by atoms with Crippen LogP contribution in [0.5, 0.6) is 0 Å². The Hall–Kier alpha value is -2.91. The first-order valence-corrected chi connectivity index (χ1v) is 8.39. The van der Waals surface area contributed by atoms with Crippen molar-refractivity contribution < 1.29 is 22.8 Å². The van der Waals surface area contributed by atoms with E-state index in [-0.39, 0.29) is 24.3 Å². The number of benzene rings is 1. The number of amides is 2. The van der Waals surface area contributed by atoms with Gasteiger partial charge in [-0.3, -0.25) is 9.59 Å². The third-order valence-electron chi connectivity index (χ3n) is 4.52. The maximum atomic E-state index is 13.1. The SMILES string of the molecule is NC(=O)[C@@H]1CCCN(C(=O)c2cn(Cc3ccccc3C(F)(F)F)nn2)C1. The fourth-order valence-electron chi connectivity index (χ4n) is 3.14. The van der Waals surface area contributed by atoms with Crippen LogP contribution in [-0.4, -0.2) is 44.8 Å². The monoisotopic (exact) mass is 381 g/mol. The molecule has 0 saturated carbocycles. The predicted molar refractivity (Wildman–Crippen MR) is 88.4 cm³/mol. The molecule has 2 N–H and O–H groups in total. The van der Waals surface area contributed by atoms with Gasteiger partial charge < -0.3 is 10.6 Å². The van der Waals surface area contributed by atoms with E-state index in [9.17, 15) is 22.8 Å². The number of alkyl halides is 3. The second kappa shape index (κ2) is 7.37. The molecular weight excluding hydrogens is 363 g/mol. The lowest BCUT2D eigenvalue weighted by atomic mass is 9.97. The Morgan fingerprint density at radius 3 is 2.70 bits per heavy atom. The third-order valence-corrected chi connectivity index (χ3v) is 4.52. The summed E-state index contributed by atoms with van der Waals surface area (Å²) < 4.78 is 40.4. The summed E-state index contributed by atoms with van der Waals surface area (Å²) in [6, 6.07) is 5.17. The molecule has 1 aliphatic rings. The van der Waals surface area contributed by atoms with Gasteiger partial charge in [0.1, 0.15) is 0 Å². The fraction of sp³-hybridized carbons (Fsp3) is 0.412. The highest BCUT2D eigenvalue weighted by atomic mass is 19.4. The first-order valence-electron chi connectivity index (χ1n) is 8.39. The lowest BCUT2D eigenvalue weighted by molar-refractivity contribution is -0.138. The zero-order chi connectivity index (χ0) is 19.6. The number of nitrogens with zero attached hydrogens (tertiary/aromatic N) is 4. The number of carbonyl (C=O) groups excluding carboxylic acids is 2. The van der Waals surface area contributed by atoms with Gasteiger partial charge in [0, 0.05) is 13.1 Å². The van der Waals surface area contributed by atoms with E-state index in [1.807, 2.05) is 0 Å². The quantitative estimate of drug-likeness (QED) is 0.872. The molecule has 0 radical (unpaired) electrons. The minimum absolute atomic E-state index is 0.0182. The van der Waals surface area contributed by atoms with Gasteiger partial charge in [-0.05, 0) is 24.5 Å². The molecule has 2 aromatic rings. The number of nitrogens with two attached hydrogens (primary N) is 1. The Bertz CT molecular complexity index is 849. The Morgan fingerprint density at radius 2 is 2.00 bits per heavy atom. The average molecular weight is 381 g/mol. The second-order valence-corrected chi connectivity index (χ2v) is 6.45. The molecule has 1 aromatic heterocycles. The van der Waals surface area contributed by atoms with E-state index in [4.69, 9.17) is 5.73 Å². The molecule has 7 nitrogen and oxygen atoms in total. The van der Waals surface area contributed by atoms with Gasteiger partial charge in [0.05, 0.1) is 24.2 Å². The number of hydrogen-bond acceptors (Lipinski definition) is 4. The van der Waals surface area contributed by atoms with Crippen molar-refractivity contribution in [1.29, 1.82) is 0 Å². The van der Waals surface area contributed by atoms with E-state index in [2.05, 4.69) is 10.3 Å². The molecule has 1 fully saturated rings. The van der Waals surface area contributed by atoms with Gasteiger partial charge in [0.25, 0.3) is 5.91 Å². The van der Waals surface area contributed by atoms with E-state index in [0.29, 0.717) is 19.4 Å². The highest BCUT2D eigenvalue weighted by Gasteiger charge is 2.33. The van der Waals surface area contributed by atoms with Crippen LogP contribution in [0.15, 0.2) is 30.5 Å². The van der Waals surface area contributed by atoms with Crippen LogP contribution < -0.4 is 5.73 Å². The molecule has 1 aliphatic heterocycles. The predicted octanol–water partition coefficient (Wildman–Crippen LogP) is 1.68. The lowest BCUT2D eigenvalue weighted by Crippen LogP contribution is -2.44. The van der Waals surface area contributed by atoms with Gasteiger partial charge in [0.15, 0.2) is 5.69 Å². The zero-order valence-electron chi connectivity index (χ0n) is 14.3. The van der Waals surface area contributed by atoms with Crippen molar-refractivity contribution in [3.63, 3.8) is 0 Å². The van der Waals surface area contributed by atoms with E-state index >= 15 is 0 Å². The van der Waals surface area contributed by atoms with Crippen LogP contribution in [0.4, 0.5) is 13.2 Å². The maximum Gasteiger partial charge on any atom is 0.416 e. The van der Waals surface area contributed by atoms with Crippen LogP contribution in [-0.2, 0) is 17.5 Å². The summed E-state index contributed by atoms with van der Waals surface area (Å²) in [6.45, 7) is 0.504. The number of likely N-dealkylation sites (tertiary alicyclic amines) is 1. The molecular formula is C17H18F3N5O2. The summed E-state index contributed by atoms with van der Waals surface area (Å²) in [6.07, 6.45) is -1.90. The molecule has 2 amide bonds. The number of carbonyl (C=O) groups is 2. The van der Waals surface area contributed by atoms with Crippen molar-refractivity contribution in [2.24, 2.45) is 11.7 Å².